The number of fused-ring (bicyclic) bond motifs is 5. The molecular weight excluding hydrogens is 376 g/mol. The Morgan fingerprint density at radius 3 is 2.43 bits per heavy atom. The summed E-state index contributed by atoms with van der Waals surface area (Å²) in [6.45, 7) is 9.18. The van der Waals surface area contributed by atoms with Crippen LogP contribution in [-0.2, 0) is 14.4 Å². The molecule has 0 saturated heterocycles. The van der Waals surface area contributed by atoms with Crippen LogP contribution in [0.15, 0.2) is 0 Å². The summed E-state index contributed by atoms with van der Waals surface area (Å²) >= 11 is 0. The summed E-state index contributed by atoms with van der Waals surface area (Å²) in [4.78, 5) is 37.3. The van der Waals surface area contributed by atoms with E-state index >= 15 is 0 Å². The molecule has 4 aliphatic carbocycles. The maximum Gasteiger partial charge on any atom is 0.303 e. The summed E-state index contributed by atoms with van der Waals surface area (Å²) in [5.74, 6) is 2.34. The zero-order chi connectivity index (χ0) is 21.8. The van der Waals surface area contributed by atoms with Crippen molar-refractivity contribution in [2.24, 2.45) is 52.3 Å². The Balaban J connectivity index is 1.63. The van der Waals surface area contributed by atoms with Crippen LogP contribution in [0, 0.1) is 52.3 Å². The Kier molecular flexibility index (Phi) is 5.68. The van der Waals surface area contributed by atoms with Gasteiger partial charge in [-0.25, -0.2) is 0 Å². The van der Waals surface area contributed by atoms with Gasteiger partial charge in [-0.1, -0.05) is 27.7 Å². The van der Waals surface area contributed by atoms with E-state index in [4.69, 9.17) is 5.11 Å². The molecular formula is C26H40O4. The molecule has 4 rings (SSSR count). The number of ketones is 2. The fraction of sp³-hybridized carbons (Fsp3) is 0.885. The Hall–Kier alpha value is -1.19. The van der Waals surface area contributed by atoms with Crippen LogP contribution >= 0.6 is 0 Å². The molecule has 0 spiro atoms. The van der Waals surface area contributed by atoms with E-state index in [-0.39, 0.29) is 35.0 Å². The molecule has 0 amide bonds. The van der Waals surface area contributed by atoms with Crippen molar-refractivity contribution in [3.05, 3.63) is 0 Å². The molecule has 168 valence electrons. The van der Waals surface area contributed by atoms with E-state index in [2.05, 4.69) is 27.7 Å². The second kappa shape index (κ2) is 7.74. The summed E-state index contributed by atoms with van der Waals surface area (Å²) in [7, 11) is 0. The minimum absolute atomic E-state index is 0.0475. The lowest BCUT2D eigenvalue weighted by Crippen LogP contribution is -2.60. The molecule has 4 saturated carbocycles. The van der Waals surface area contributed by atoms with Crippen LogP contribution in [-0.4, -0.2) is 22.6 Å². The van der Waals surface area contributed by atoms with Crippen LogP contribution in [0.2, 0.25) is 0 Å². The van der Waals surface area contributed by atoms with Gasteiger partial charge in [0.1, 0.15) is 11.6 Å². The molecule has 0 bridgehead atoms. The van der Waals surface area contributed by atoms with E-state index in [1.165, 1.54) is 0 Å². The molecule has 4 nitrogen and oxygen atoms in total. The Bertz CT molecular complexity index is 729. The number of rotatable bonds is 5. The number of carboxylic acids is 1. The molecule has 0 aromatic carbocycles. The lowest BCUT2D eigenvalue weighted by Gasteiger charge is -2.61. The fourth-order valence-corrected chi connectivity index (χ4v) is 8.97. The molecule has 4 aliphatic rings. The highest BCUT2D eigenvalue weighted by atomic mass is 16.4. The van der Waals surface area contributed by atoms with Crippen LogP contribution in [0.4, 0.5) is 0 Å². The first-order valence-corrected chi connectivity index (χ1v) is 12.4. The molecule has 0 heterocycles. The van der Waals surface area contributed by atoms with E-state index in [0.29, 0.717) is 48.1 Å². The van der Waals surface area contributed by atoms with Gasteiger partial charge in [-0.05, 0) is 85.4 Å². The van der Waals surface area contributed by atoms with E-state index in [0.717, 1.165) is 44.9 Å². The van der Waals surface area contributed by atoms with Gasteiger partial charge in [-0.3, -0.25) is 14.4 Å². The second-order valence-electron chi connectivity index (χ2n) is 11.6. The predicted octanol–water partition coefficient (Wildman–Crippen LogP) is 5.53. The van der Waals surface area contributed by atoms with Gasteiger partial charge >= 0.3 is 5.97 Å². The normalized spacial score (nSPS) is 46.7. The third kappa shape index (κ3) is 3.19. The number of carbonyl (C=O) groups is 3. The van der Waals surface area contributed by atoms with Gasteiger partial charge in [-0.15, -0.1) is 0 Å². The molecule has 0 aliphatic heterocycles. The van der Waals surface area contributed by atoms with E-state index in [9.17, 15) is 14.4 Å². The van der Waals surface area contributed by atoms with Crippen LogP contribution in [0.25, 0.3) is 0 Å². The van der Waals surface area contributed by atoms with Crippen molar-refractivity contribution in [1.82, 2.24) is 0 Å². The monoisotopic (exact) mass is 416 g/mol. The minimum atomic E-state index is -0.704. The number of carboxylic acid groups (broad SMARTS) is 1. The number of hydrogen-bond acceptors (Lipinski definition) is 3. The fourth-order valence-electron chi connectivity index (χ4n) is 8.97. The Labute approximate surface area is 181 Å². The van der Waals surface area contributed by atoms with Crippen molar-refractivity contribution in [3.8, 4) is 0 Å². The van der Waals surface area contributed by atoms with Gasteiger partial charge in [0.2, 0.25) is 0 Å². The Morgan fingerprint density at radius 2 is 1.77 bits per heavy atom. The quantitative estimate of drug-likeness (QED) is 0.639. The first-order chi connectivity index (χ1) is 14.1. The highest BCUT2D eigenvalue weighted by Crippen LogP contribution is 2.68. The average Bonchev–Trinajstić information content (AvgIpc) is 3.05. The largest absolute Gasteiger partial charge is 0.481 e. The molecule has 4 heteroatoms. The first kappa shape index (κ1) is 22.0. The molecule has 1 N–H and O–H groups in total. The highest BCUT2D eigenvalue weighted by molar-refractivity contribution is 5.88. The zero-order valence-electron chi connectivity index (χ0n) is 19.3. The smallest absolute Gasteiger partial charge is 0.303 e. The number of aliphatic carboxylic acids is 1. The van der Waals surface area contributed by atoms with Crippen molar-refractivity contribution >= 4 is 17.5 Å². The van der Waals surface area contributed by atoms with Crippen molar-refractivity contribution in [2.75, 3.05) is 0 Å². The van der Waals surface area contributed by atoms with Gasteiger partial charge in [-0.2, -0.15) is 0 Å². The summed E-state index contributed by atoms with van der Waals surface area (Å²) < 4.78 is 0. The van der Waals surface area contributed by atoms with Gasteiger partial charge in [0.25, 0.3) is 0 Å². The summed E-state index contributed by atoms with van der Waals surface area (Å²) in [5, 5.41) is 9.14. The van der Waals surface area contributed by atoms with E-state index in [1.807, 2.05) is 0 Å². The standard InChI is InChI=1S/C26H40O4/c1-5-17-21-14-16(27)10-12-26(21,4)20-11-13-25(3)18(15(2)6-9-22(28)29)7-8-19(25)23(20)24(17)30/h15,17-21,23H,5-14H2,1-4H3,(H,28,29)/t15?,17-,18+,19-,20-,21-,23-,25+,26+/m0/s1. The van der Waals surface area contributed by atoms with Crippen LogP contribution in [0.3, 0.4) is 0 Å². The molecule has 0 radical (unpaired) electrons. The molecule has 30 heavy (non-hydrogen) atoms. The number of Topliss-reactive ketones (excluding diaryl/α,β-unsaturated/α-hetero) is 2. The van der Waals surface area contributed by atoms with Gasteiger partial charge < -0.3 is 5.11 Å². The van der Waals surface area contributed by atoms with Crippen LogP contribution in [0.5, 0.6) is 0 Å². The lowest BCUT2D eigenvalue weighted by atomic mass is 9.42. The van der Waals surface area contributed by atoms with Crippen LogP contribution in [0.1, 0.15) is 91.9 Å². The zero-order valence-corrected chi connectivity index (χ0v) is 19.3. The number of hydrogen-bond donors (Lipinski definition) is 1. The van der Waals surface area contributed by atoms with Crippen LogP contribution < -0.4 is 0 Å². The average molecular weight is 417 g/mol. The molecule has 0 aromatic heterocycles. The summed E-state index contributed by atoms with van der Waals surface area (Å²) in [5.41, 5.74) is 0.280. The summed E-state index contributed by atoms with van der Waals surface area (Å²) in [6, 6.07) is 0. The molecule has 9 atom stereocenters. The van der Waals surface area contributed by atoms with Crippen molar-refractivity contribution in [1.29, 1.82) is 0 Å². The first-order valence-electron chi connectivity index (χ1n) is 12.4. The maximum absolute atomic E-state index is 13.9. The van der Waals surface area contributed by atoms with Crippen molar-refractivity contribution in [3.63, 3.8) is 0 Å². The van der Waals surface area contributed by atoms with Gasteiger partial charge in [0, 0.05) is 31.1 Å². The van der Waals surface area contributed by atoms with Gasteiger partial charge in [0.05, 0.1) is 0 Å². The Morgan fingerprint density at radius 1 is 1.07 bits per heavy atom. The molecule has 0 aromatic rings. The predicted molar refractivity (Wildman–Crippen MR) is 116 cm³/mol. The maximum atomic E-state index is 13.9. The minimum Gasteiger partial charge on any atom is -0.481 e. The second-order valence-corrected chi connectivity index (χ2v) is 11.6. The van der Waals surface area contributed by atoms with Crippen molar-refractivity contribution < 1.29 is 19.5 Å². The molecule has 4 fully saturated rings. The molecule has 1 unspecified atom stereocenters. The topological polar surface area (TPSA) is 71.4 Å². The summed E-state index contributed by atoms with van der Waals surface area (Å²) in [6.07, 6.45) is 8.61. The van der Waals surface area contributed by atoms with Gasteiger partial charge in [0.15, 0.2) is 0 Å². The van der Waals surface area contributed by atoms with E-state index < -0.39 is 5.97 Å². The SMILES string of the molecule is CC[C@@H]1C(=O)[C@@H]2[C@H](CC[C@]3(C)[C@@H](C(C)CCC(=O)O)CC[C@@H]23)[C@@]2(C)CCC(=O)C[C@@H]12. The third-order valence-corrected chi connectivity index (χ3v) is 10.5. The van der Waals surface area contributed by atoms with E-state index in [1.54, 1.807) is 0 Å². The third-order valence-electron chi connectivity index (χ3n) is 10.5. The highest BCUT2D eigenvalue weighted by Gasteiger charge is 2.65. The van der Waals surface area contributed by atoms with Crippen molar-refractivity contribution in [2.45, 2.75) is 91.9 Å². The lowest BCUT2D eigenvalue weighted by molar-refractivity contribution is -0.169. The number of carbonyl (C=O) groups excluding carboxylic acids is 2.